The van der Waals surface area contributed by atoms with E-state index in [-0.39, 0.29) is 71.9 Å². The Bertz CT molecular complexity index is 648. The molecule has 28 heavy (non-hydrogen) atoms. The molecule has 2 bridgehead atoms. The van der Waals surface area contributed by atoms with Gasteiger partial charge >= 0.3 is 0 Å². The summed E-state index contributed by atoms with van der Waals surface area (Å²) in [7, 11) is 3.38. The van der Waals surface area contributed by atoms with Crippen molar-refractivity contribution in [2.24, 2.45) is 28.7 Å². The number of carbonyl (C=O) groups excluding carboxylic acids is 3. The van der Waals surface area contributed by atoms with E-state index in [9.17, 15) is 14.4 Å². The van der Waals surface area contributed by atoms with Gasteiger partial charge in [-0.3, -0.25) is 19.3 Å². The van der Waals surface area contributed by atoms with Gasteiger partial charge < -0.3 is 15.5 Å². The first kappa shape index (κ1) is 22.6. The summed E-state index contributed by atoms with van der Waals surface area (Å²) >= 11 is 0. The molecule has 2 fully saturated rings. The van der Waals surface area contributed by atoms with E-state index in [1.54, 1.807) is 14.1 Å². The van der Waals surface area contributed by atoms with E-state index >= 15 is 0 Å². The average molecular weight is 503 g/mol. The summed E-state index contributed by atoms with van der Waals surface area (Å²) in [6.07, 6.45) is 6.06. The van der Waals surface area contributed by atoms with Gasteiger partial charge in [-0.25, -0.2) is 4.99 Å². The lowest BCUT2D eigenvalue weighted by molar-refractivity contribution is -0.140. The Balaban J connectivity index is 0.00000280. The van der Waals surface area contributed by atoms with E-state index < -0.39 is 0 Å². The predicted octanol–water partition coefficient (Wildman–Crippen LogP) is 0.445. The number of fused-ring (bicyclic) bond motifs is 5. The molecule has 1 saturated carbocycles. The number of imide groups is 1. The average Bonchev–Trinajstić information content (AvgIpc) is 3.32. The molecule has 8 nitrogen and oxygen atoms in total. The molecule has 3 rings (SSSR count). The Morgan fingerprint density at radius 2 is 1.71 bits per heavy atom. The number of guanidine groups is 1. The molecule has 0 radical (unpaired) electrons. The fraction of sp³-hybridized carbons (Fsp3) is 0.684. The number of likely N-dealkylation sites (N-methyl/N-ethyl adjacent to an activating group) is 1. The molecule has 0 aromatic carbocycles. The van der Waals surface area contributed by atoms with Crippen LogP contribution in [0.25, 0.3) is 0 Å². The van der Waals surface area contributed by atoms with Gasteiger partial charge in [0, 0.05) is 33.7 Å². The van der Waals surface area contributed by atoms with Gasteiger partial charge in [-0.05, 0) is 24.7 Å². The summed E-state index contributed by atoms with van der Waals surface area (Å²) in [4.78, 5) is 44.2. The Morgan fingerprint density at radius 3 is 2.25 bits per heavy atom. The summed E-state index contributed by atoms with van der Waals surface area (Å²) in [6.45, 7) is 3.54. The Kier molecular flexibility index (Phi) is 7.85. The molecule has 1 saturated heterocycles. The minimum Gasteiger partial charge on any atom is -0.356 e. The van der Waals surface area contributed by atoms with Gasteiger partial charge in [0.15, 0.2) is 5.96 Å². The standard InChI is InChI=1S/C19H29N5O3.HI/c1-4-7-20-19(22-11-14(25)23(2)3)21-8-9-24-17(26)15-12-5-6-13(10-12)16(15)18(24)27;/h5-6,12-13,15-16H,4,7-11H2,1-3H3,(H2,20,21,22);1H. The first-order valence-corrected chi connectivity index (χ1v) is 9.70. The van der Waals surface area contributed by atoms with Crippen LogP contribution < -0.4 is 10.6 Å². The summed E-state index contributed by atoms with van der Waals surface area (Å²) in [6, 6.07) is 0. The first-order chi connectivity index (χ1) is 12.9. The molecule has 4 unspecified atom stereocenters. The van der Waals surface area contributed by atoms with Crippen molar-refractivity contribution in [2.75, 3.05) is 40.3 Å². The number of hydrogen-bond acceptors (Lipinski definition) is 4. The quantitative estimate of drug-likeness (QED) is 0.173. The van der Waals surface area contributed by atoms with Crippen LogP contribution in [-0.2, 0) is 14.4 Å². The molecule has 1 aliphatic heterocycles. The van der Waals surface area contributed by atoms with Crippen molar-refractivity contribution < 1.29 is 14.4 Å². The van der Waals surface area contributed by atoms with Crippen LogP contribution in [0.1, 0.15) is 19.8 Å². The van der Waals surface area contributed by atoms with Gasteiger partial charge in [0.1, 0.15) is 6.54 Å². The molecule has 4 atom stereocenters. The number of nitrogens with zero attached hydrogens (tertiary/aromatic N) is 3. The monoisotopic (exact) mass is 503 g/mol. The van der Waals surface area contributed by atoms with Crippen molar-refractivity contribution in [3.05, 3.63) is 12.2 Å². The number of halogens is 1. The highest BCUT2D eigenvalue weighted by atomic mass is 127. The maximum Gasteiger partial charge on any atom is 0.243 e. The third kappa shape index (κ3) is 4.49. The Morgan fingerprint density at radius 1 is 1.14 bits per heavy atom. The highest BCUT2D eigenvalue weighted by Gasteiger charge is 2.58. The van der Waals surface area contributed by atoms with Crippen LogP contribution in [0.4, 0.5) is 0 Å². The fourth-order valence-corrected chi connectivity index (χ4v) is 4.18. The zero-order chi connectivity index (χ0) is 19.6. The SMILES string of the molecule is CCCNC(=NCC(=O)N(C)C)NCCN1C(=O)C2C3C=CC(C3)C2C1=O.I. The van der Waals surface area contributed by atoms with Gasteiger partial charge in [-0.15, -0.1) is 24.0 Å². The number of rotatable bonds is 7. The lowest BCUT2D eigenvalue weighted by Crippen LogP contribution is -2.44. The van der Waals surface area contributed by atoms with E-state index in [2.05, 4.69) is 27.8 Å². The molecule has 2 aliphatic carbocycles. The minimum absolute atomic E-state index is 0. The summed E-state index contributed by atoms with van der Waals surface area (Å²) in [5.41, 5.74) is 0. The molecule has 3 amide bonds. The molecule has 0 spiro atoms. The molecule has 0 aromatic rings. The zero-order valence-electron chi connectivity index (χ0n) is 16.7. The second-order valence-corrected chi connectivity index (χ2v) is 7.63. The van der Waals surface area contributed by atoms with E-state index in [0.717, 1.165) is 19.4 Å². The van der Waals surface area contributed by atoms with E-state index in [1.165, 1.54) is 9.80 Å². The number of aliphatic imine (C=N–C) groups is 1. The molecule has 9 heteroatoms. The predicted molar refractivity (Wildman–Crippen MR) is 117 cm³/mol. The second kappa shape index (κ2) is 9.71. The maximum absolute atomic E-state index is 12.7. The van der Waals surface area contributed by atoms with Crippen molar-refractivity contribution >= 4 is 47.7 Å². The number of carbonyl (C=O) groups is 3. The van der Waals surface area contributed by atoms with E-state index in [4.69, 9.17) is 0 Å². The summed E-state index contributed by atoms with van der Waals surface area (Å²) in [5.74, 6) is 0.511. The lowest BCUT2D eigenvalue weighted by atomic mass is 9.85. The molecule has 1 heterocycles. The summed E-state index contributed by atoms with van der Waals surface area (Å²) in [5, 5.41) is 6.27. The number of amides is 3. The zero-order valence-corrected chi connectivity index (χ0v) is 19.0. The van der Waals surface area contributed by atoms with Crippen LogP contribution in [0, 0.1) is 23.7 Å². The lowest BCUT2D eigenvalue weighted by Gasteiger charge is -2.19. The van der Waals surface area contributed by atoms with Gasteiger partial charge in [0.25, 0.3) is 0 Å². The van der Waals surface area contributed by atoms with Crippen molar-refractivity contribution in [2.45, 2.75) is 19.8 Å². The van der Waals surface area contributed by atoms with Crippen LogP contribution in [0.5, 0.6) is 0 Å². The van der Waals surface area contributed by atoms with Crippen molar-refractivity contribution in [3.63, 3.8) is 0 Å². The molecule has 0 aromatic heterocycles. The molecule has 156 valence electrons. The van der Waals surface area contributed by atoms with Gasteiger partial charge in [-0.2, -0.15) is 0 Å². The molecule has 2 N–H and O–H groups in total. The largest absolute Gasteiger partial charge is 0.356 e. The fourth-order valence-electron chi connectivity index (χ4n) is 4.18. The normalized spacial score (nSPS) is 27.7. The minimum atomic E-state index is -0.156. The third-order valence-corrected chi connectivity index (χ3v) is 5.60. The highest BCUT2D eigenvalue weighted by Crippen LogP contribution is 2.52. The topological polar surface area (TPSA) is 94.1 Å². The maximum atomic E-state index is 12.7. The first-order valence-electron chi connectivity index (χ1n) is 9.70. The smallest absolute Gasteiger partial charge is 0.243 e. The van der Waals surface area contributed by atoms with E-state index in [0.29, 0.717) is 19.0 Å². The van der Waals surface area contributed by atoms with Crippen molar-refractivity contribution in [1.29, 1.82) is 0 Å². The third-order valence-electron chi connectivity index (χ3n) is 5.60. The highest BCUT2D eigenvalue weighted by molar-refractivity contribution is 14.0. The number of likely N-dealkylation sites (tertiary alicyclic amines) is 1. The van der Waals surface area contributed by atoms with Crippen LogP contribution in [0.15, 0.2) is 17.1 Å². The summed E-state index contributed by atoms with van der Waals surface area (Å²) < 4.78 is 0. The number of hydrogen-bond donors (Lipinski definition) is 2. The van der Waals surface area contributed by atoms with Crippen LogP contribution in [-0.4, -0.2) is 73.8 Å². The number of nitrogens with one attached hydrogen (secondary N) is 2. The van der Waals surface area contributed by atoms with Crippen LogP contribution in [0.2, 0.25) is 0 Å². The molecular weight excluding hydrogens is 473 g/mol. The molecular formula is C19H30IN5O3. The van der Waals surface area contributed by atoms with E-state index in [1.807, 2.05) is 6.92 Å². The Labute approximate surface area is 183 Å². The van der Waals surface area contributed by atoms with Gasteiger partial charge in [0.2, 0.25) is 17.7 Å². The van der Waals surface area contributed by atoms with Gasteiger partial charge in [-0.1, -0.05) is 19.1 Å². The van der Waals surface area contributed by atoms with Crippen molar-refractivity contribution in [1.82, 2.24) is 20.4 Å². The Hall–Kier alpha value is -1.65. The van der Waals surface area contributed by atoms with Crippen LogP contribution >= 0.6 is 24.0 Å². The molecule has 3 aliphatic rings. The number of allylic oxidation sites excluding steroid dienone is 2. The van der Waals surface area contributed by atoms with Crippen molar-refractivity contribution in [3.8, 4) is 0 Å². The van der Waals surface area contributed by atoms with Crippen LogP contribution in [0.3, 0.4) is 0 Å². The van der Waals surface area contributed by atoms with Gasteiger partial charge in [0.05, 0.1) is 11.8 Å². The second-order valence-electron chi connectivity index (χ2n) is 7.63.